The highest BCUT2D eigenvalue weighted by molar-refractivity contribution is 5.47. The van der Waals surface area contributed by atoms with Crippen molar-refractivity contribution in [1.82, 2.24) is 20.1 Å². The molecule has 22 heavy (non-hydrogen) atoms. The van der Waals surface area contributed by atoms with E-state index in [0.29, 0.717) is 12.1 Å². The maximum absolute atomic E-state index is 4.17. The molecule has 1 saturated heterocycles. The number of benzene rings is 1. The number of hydrogen-bond acceptors (Lipinski definition) is 4. The topological polar surface area (TPSA) is 46.0 Å². The number of nitrogens with zero attached hydrogens (tertiary/aromatic N) is 4. The predicted molar refractivity (Wildman–Crippen MR) is 89.0 cm³/mol. The van der Waals surface area contributed by atoms with E-state index in [1.807, 2.05) is 4.68 Å². The third-order valence-corrected chi connectivity index (χ3v) is 4.34. The second-order valence-corrected chi connectivity index (χ2v) is 6.28. The zero-order chi connectivity index (χ0) is 15.4. The van der Waals surface area contributed by atoms with Crippen molar-refractivity contribution >= 4 is 5.69 Å². The zero-order valence-electron chi connectivity index (χ0n) is 13.4. The highest BCUT2D eigenvalue weighted by atomic mass is 15.3. The van der Waals surface area contributed by atoms with Crippen LogP contribution in [0.2, 0.25) is 0 Å². The molecule has 2 heterocycles. The maximum Gasteiger partial charge on any atom is 0.137 e. The molecule has 1 aromatic carbocycles. The highest BCUT2D eigenvalue weighted by Crippen LogP contribution is 2.20. The zero-order valence-corrected chi connectivity index (χ0v) is 13.4. The number of piperidine rings is 1. The Kier molecular flexibility index (Phi) is 4.73. The minimum atomic E-state index is 0.414. The van der Waals surface area contributed by atoms with Gasteiger partial charge >= 0.3 is 0 Å². The molecule has 0 aliphatic carbocycles. The summed E-state index contributed by atoms with van der Waals surface area (Å²) in [5.74, 6) is 0. The Hall–Kier alpha value is -1.88. The summed E-state index contributed by atoms with van der Waals surface area (Å²) in [5, 5.41) is 7.89. The number of aromatic nitrogens is 3. The van der Waals surface area contributed by atoms with Gasteiger partial charge in [-0.2, -0.15) is 5.10 Å². The van der Waals surface area contributed by atoms with Gasteiger partial charge in [0.15, 0.2) is 0 Å². The van der Waals surface area contributed by atoms with E-state index in [9.17, 15) is 0 Å². The van der Waals surface area contributed by atoms with Gasteiger partial charge in [-0.25, -0.2) is 4.98 Å². The first kappa shape index (κ1) is 15.0. The lowest BCUT2D eigenvalue weighted by Gasteiger charge is -2.35. The van der Waals surface area contributed by atoms with Crippen molar-refractivity contribution in [2.75, 3.05) is 18.0 Å². The Morgan fingerprint density at radius 1 is 1.23 bits per heavy atom. The maximum atomic E-state index is 4.17. The van der Waals surface area contributed by atoms with Gasteiger partial charge in [0.25, 0.3) is 0 Å². The largest absolute Gasteiger partial charge is 0.371 e. The molecule has 0 radical (unpaired) electrons. The molecule has 2 aromatic rings. The van der Waals surface area contributed by atoms with Gasteiger partial charge < -0.3 is 10.2 Å². The second kappa shape index (κ2) is 6.92. The van der Waals surface area contributed by atoms with E-state index in [1.54, 1.807) is 12.7 Å². The van der Waals surface area contributed by atoms with Gasteiger partial charge in [-0.05, 0) is 38.8 Å². The van der Waals surface area contributed by atoms with Gasteiger partial charge in [0.1, 0.15) is 12.7 Å². The quantitative estimate of drug-likeness (QED) is 0.919. The van der Waals surface area contributed by atoms with E-state index in [1.165, 1.54) is 24.1 Å². The molecule has 0 bridgehead atoms. The van der Waals surface area contributed by atoms with Crippen LogP contribution in [0.25, 0.3) is 0 Å². The van der Waals surface area contributed by atoms with E-state index in [-0.39, 0.29) is 0 Å². The summed E-state index contributed by atoms with van der Waals surface area (Å²) < 4.78 is 1.89. The first-order valence-electron chi connectivity index (χ1n) is 8.11. The van der Waals surface area contributed by atoms with E-state index >= 15 is 0 Å². The van der Waals surface area contributed by atoms with E-state index < -0.39 is 0 Å². The van der Waals surface area contributed by atoms with Gasteiger partial charge in [0.05, 0.1) is 6.54 Å². The summed E-state index contributed by atoms with van der Waals surface area (Å²) in [6, 6.07) is 9.87. The van der Waals surface area contributed by atoms with Crippen molar-refractivity contribution < 1.29 is 0 Å². The van der Waals surface area contributed by atoms with Crippen LogP contribution in [0.5, 0.6) is 0 Å². The average Bonchev–Trinajstić information content (AvgIpc) is 3.02. The van der Waals surface area contributed by atoms with Gasteiger partial charge in [-0.1, -0.05) is 17.7 Å². The summed E-state index contributed by atoms with van der Waals surface area (Å²) in [4.78, 5) is 6.47. The number of aryl methyl sites for hydroxylation is 1. The Bertz CT molecular complexity index is 555. The molecule has 1 aromatic heterocycles. The molecule has 0 spiro atoms. The van der Waals surface area contributed by atoms with Crippen LogP contribution in [0.1, 0.15) is 25.3 Å². The van der Waals surface area contributed by atoms with Gasteiger partial charge in [0, 0.05) is 30.9 Å². The van der Waals surface area contributed by atoms with Crippen LogP contribution in [0, 0.1) is 6.92 Å². The summed E-state index contributed by atoms with van der Waals surface area (Å²) in [5.41, 5.74) is 2.67. The third-order valence-electron chi connectivity index (χ3n) is 4.34. The fourth-order valence-corrected chi connectivity index (χ4v) is 3.12. The summed E-state index contributed by atoms with van der Waals surface area (Å²) in [7, 11) is 0. The molecular formula is C17H25N5. The van der Waals surface area contributed by atoms with Crippen molar-refractivity contribution in [3.63, 3.8) is 0 Å². The number of hydrogen-bond donors (Lipinski definition) is 1. The molecule has 118 valence electrons. The molecule has 1 aliphatic rings. The van der Waals surface area contributed by atoms with E-state index in [0.717, 1.165) is 19.6 Å². The van der Waals surface area contributed by atoms with E-state index in [2.05, 4.69) is 58.4 Å². The fourth-order valence-electron chi connectivity index (χ4n) is 3.12. The standard InChI is InChI=1S/C17H25N5/c1-14-3-5-17(6-4-14)21-9-7-16(8-10-21)20-15(2)11-22-13-18-12-19-22/h3-6,12-13,15-16,20H,7-11H2,1-2H3. The normalized spacial score (nSPS) is 17.6. The van der Waals surface area contributed by atoms with Gasteiger partial charge in [0.2, 0.25) is 0 Å². The lowest BCUT2D eigenvalue weighted by atomic mass is 10.0. The summed E-state index contributed by atoms with van der Waals surface area (Å²) in [6.45, 7) is 7.47. The molecule has 3 rings (SSSR count). The molecule has 5 heteroatoms. The van der Waals surface area contributed by atoms with Crippen LogP contribution in [0.3, 0.4) is 0 Å². The lowest BCUT2D eigenvalue weighted by Crippen LogP contribution is -2.46. The van der Waals surface area contributed by atoms with Crippen molar-refractivity contribution in [1.29, 1.82) is 0 Å². The summed E-state index contributed by atoms with van der Waals surface area (Å²) in [6.07, 6.45) is 5.75. The number of rotatable bonds is 5. The SMILES string of the molecule is Cc1ccc(N2CCC(NC(C)Cn3cncn3)CC2)cc1. The lowest BCUT2D eigenvalue weighted by molar-refractivity contribution is 0.348. The predicted octanol–water partition coefficient (Wildman–Crippen LogP) is 2.23. The Balaban J connectivity index is 1.46. The van der Waals surface area contributed by atoms with Gasteiger partial charge in [-0.3, -0.25) is 4.68 Å². The van der Waals surface area contributed by atoms with Crippen molar-refractivity contribution in [2.24, 2.45) is 0 Å². The van der Waals surface area contributed by atoms with Crippen molar-refractivity contribution in [3.8, 4) is 0 Å². The first-order valence-corrected chi connectivity index (χ1v) is 8.11. The first-order chi connectivity index (χ1) is 10.7. The monoisotopic (exact) mass is 299 g/mol. The smallest absolute Gasteiger partial charge is 0.137 e. The Morgan fingerprint density at radius 3 is 2.59 bits per heavy atom. The fraction of sp³-hybridized carbons (Fsp3) is 0.529. The van der Waals surface area contributed by atoms with Crippen molar-refractivity contribution in [2.45, 2.75) is 45.3 Å². The molecule has 0 saturated carbocycles. The minimum absolute atomic E-state index is 0.414. The van der Waals surface area contributed by atoms with Crippen LogP contribution in [-0.2, 0) is 6.54 Å². The van der Waals surface area contributed by atoms with Crippen LogP contribution >= 0.6 is 0 Å². The molecule has 1 unspecified atom stereocenters. The molecule has 1 fully saturated rings. The second-order valence-electron chi connectivity index (χ2n) is 6.28. The highest BCUT2D eigenvalue weighted by Gasteiger charge is 2.20. The van der Waals surface area contributed by atoms with Gasteiger partial charge in [-0.15, -0.1) is 0 Å². The molecule has 1 aliphatic heterocycles. The van der Waals surface area contributed by atoms with Crippen LogP contribution in [0.4, 0.5) is 5.69 Å². The van der Waals surface area contributed by atoms with E-state index in [4.69, 9.17) is 0 Å². The molecule has 0 amide bonds. The Labute approximate surface area is 132 Å². The molecule has 5 nitrogen and oxygen atoms in total. The van der Waals surface area contributed by atoms with Crippen molar-refractivity contribution in [3.05, 3.63) is 42.5 Å². The van der Waals surface area contributed by atoms with Crippen LogP contribution in [0.15, 0.2) is 36.9 Å². The van der Waals surface area contributed by atoms with Crippen LogP contribution < -0.4 is 10.2 Å². The summed E-state index contributed by atoms with van der Waals surface area (Å²) >= 11 is 0. The van der Waals surface area contributed by atoms with Crippen LogP contribution in [-0.4, -0.2) is 39.9 Å². The number of anilines is 1. The molecule has 1 N–H and O–H groups in total. The minimum Gasteiger partial charge on any atom is -0.371 e. The number of nitrogens with one attached hydrogen (secondary N) is 1. The average molecular weight is 299 g/mol. The molecule has 1 atom stereocenters. The Morgan fingerprint density at radius 2 is 1.95 bits per heavy atom. The third kappa shape index (κ3) is 3.85. The molecular weight excluding hydrogens is 274 g/mol.